The number of nitriles is 1. The molecule has 0 unspecified atom stereocenters. The summed E-state index contributed by atoms with van der Waals surface area (Å²) in [5.74, 6) is -0.281. The topological polar surface area (TPSA) is 146 Å². The number of carbonyl (C=O) groups is 3. The molecule has 0 radical (unpaired) electrons. The Morgan fingerprint density at radius 2 is 1.90 bits per heavy atom. The van der Waals surface area contributed by atoms with E-state index >= 15 is 0 Å². The number of hydrogen-bond acceptors (Lipinski definition) is 8. The molecule has 4 heterocycles. The number of carbonyl (C=O) groups excluding carboxylic acids is 3. The van der Waals surface area contributed by atoms with E-state index in [4.69, 9.17) is 10.00 Å². The van der Waals surface area contributed by atoms with E-state index in [0.717, 1.165) is 5.56 Å². The molecule has 2 bridgehead atoms. The molecule has 0 spiro atoms. The maximum absolute atomic E-state index is 13.4. The first kappa shape index (κ1) is 26.8. The molecule has 3 aromatic rings. The molecule has 40 heavy (non-hydrogen) atoms. The van der Waals surface area contributed by atoms with Gasteiger partial charge in [0.15, 0.2) is 0 Å². The lowest BCUT2D eigenvalue weighted by Crippen LogP contribution is -2.39. The molecule has 2 aromatic heterocycles. The second-order valence-corrected chi connectivity index (χ2v) is 9.86. The second kappa shape index (κ2) is 12.4. The Kier molecular flexibility index (Phi) is 8.29. The van der Waals surface area contributed by atoms with Gasteiger partial charge in [0.05, 0.1) is 18.0 Å². The van der Waals surface area contributed by atoms with E-state index in [-0.39, 0.29) is 35.9 Å². The van der Waals surface area contributed by atoms with Crippen molar-refractivity contribution >= 4 is 17.7 Å². The number of aromatic nitrogens is 4. The standard InChI is InChI=1S/C28H30N8O4/c29-14-22-6-5-21(15-31-22)28(39)35-9-2-8-30-27(38)25-17-36(26(37)7-10-34-18-32-33-19-34)16-24(25)20-3-1-4-23(13-20)40-12-11-35/h1,3-6,13,15,18-19,24-25H,2,7-12,16-17H2,(H,30,38)/t24-,25+/m1/s1. The third kappa shape index (κ3) is 6.26. The van der Waals surface area contributed by atoms with E-state index in [1.54, 1.807) is 33.1 Å². The average Bonchev–Trinajstić information content (AvgIpc) is 3.67. The zero-order valence-corrected chi connectivity index (χ0v) is 22.0. The fourth-order valence-corrected chi connectivity index (χ4v) is 5.14. The van der Waals surface area contributed by atoms with Gasteiger partial charge in [-0.2, -0.15) is 5.26 Å². The lowest BCUT2D eigenvalue weighted by Gasteiger charge is -2.24. The van der Waals surface area contributed by atoms with Crippen molar-refractivity contribution in [1.29, 1.82) is 5.26 Å². The van der Waals surface area contributed by atoms with E-state index in [0.29, 0.717) is 63.4 Å². The number of pyridine rings is 1. The van der Waals surface area contributed by atoms with Gasteiger partial charge in [0.2, 0.25) is 11.8 Å². The van der Waals surface area contributed by atoms with Gasteiger partial charge < -0.3 is 24.4 Å². The molecule has 206 valence electrons. The van der Waals surface area contributed by atoms with E-state index in [1.807, 2.05) is 30.3 Å². The molecule has 2 atom stereocenters. The Labute approximate surface area is 231 Å². The Morgan fingerprint density at radius 1 is 1.07 bits per heavy atom. The summed E-state index contributed by atoms with van der Waals surface area (Å²) < 4.78 is 7.78. The van der Waals surface area contributed by atoms with Crippen LogP contribution >= 0.6 is 0 Å². The number of fused-ring (bicyclic) bond motifs is 4. The Hall–Kier alpha value is -4.79. The number of nitrogens with one attached hydrogen (secondary N) is 1. The SMILES string of the molecule is N#Cc1ccc(C(=O)N2CCCNC(=O)[C@H]3CN(C(=O)CCn4cnnc4)C[C@@H]3c3cccc(c3)OCC2)cn1. The van der Waals surface area contributed by atoms with Crippen molar-refractivity contribution in [3.8, 4) is 11.8 Å². The van der Waals surface area contributed by atoms with Crippen molar-refractivity contribution in [2.45, 2.75) is 25.3 Å². The molecule has 0 aliphatic carbocycles. The lowest BCUT2D eigenvalue weighted by molar-refractivity contribution is -0.131. The summed E-state index contributed by atoms with van der Waals surface area (Å²) >= 11 is 0. The number of rotatable bonds is 4. The summed E-state index contributed by atoms with van der Waals surface area (Å²) in [5.41, 5.74) is 1.55. The van der Waals surface area contributed by atoms with E-state index in [2.05, 4.69) is 20.5 Å². The highest BCUT2D eigenvalue weighted by atomic mass is 16.5. The van der Waals surface area contributed by atoms with Gasteiger partial charge in [0.1, 0.15) is 36.8 Å². The zero-order valence-electron chi connectivity index (χ0n) is 22.0. The van der Waals surface area contributed by atoms with Gasteiger partial charge >= 0.3 is 0 Å². The highest BCUT2D eigenvalue weighted by Gasteiger charge is 2.40. The highest BCUT2D eigenvalue weighted by molar-refractivity contribution is 5.94. The average molecular weight is 543 g/mol. The molecular formula is C28H30N8O4. The smallest absolute Gasteiger partial charge is 0.255 e. The number of nitrogens with zero attached hydrogens (tertiary/aromatic N) is 7. The van der Waals surface area contributed by atoms with Crippen molar-refractivity contribution in [3.05, 3.63) is 72.1 Å². The van der Waals surface area contributed by atoms with Crippen molar-refractivity contribution in [2.75, 3.05) is 39.3 Å². The monoisotopic (exact) mass is 542 g/mol. The molecule has 2 aliphatic heterocycles. The number of likely N-dealkylation sites (tertiary alicyclic amines) is 1. The largest absolute Gasteiger partial charge is 0.492 e. The second-order valence-electron chi connectivity index (χ2n) is 9.86. The molecule has 12 heteroatoms. The predicted octanol–water partition coefficient (Wildman–Crippen LogP) is 1.22. The van der Waals surface area contributed by atoms with Crippen molar-refractivity contribution < 1.29 is 19.1 Å². The van der Waals surface area contributed by atoms with Gasteiger partial charge in [-0.1, -0.05) is 12.1 Å². The van der Waals surface area contributed by atoms with E-state index in [1.165, 1.54) is 12.3 Å². The van der Waals surface area contributed by atoms with Crippen LogP contribution in [-0.2, 0) is 16.1 Å². The fraction of sp³-hybridized carbons (Fsp3) is 0.393. The van der Waals surface area contributed by atoms with Crippen LogP contribution in [0.25, 0.3) is 0 Å². The summed E-state index contributed by atoms with van der Waals surface area (Å²) in [4.78, 5) is 47.0. The number of aryl methyl sites for hydroxylation is 1. The van der Waals surface area contributed by atoms with E-state index < -0.39 is 5.92 Å². The Morgan fingerprint density at radius 3 is 2.67 bits per heavy atom. The molecule has 1 N–H and O–H groups in total. The maximum atomic E-state index is 13.4. The van der Waals surface area contributed by atoms with Crippen molar-refractivity contribution in [2.24, 2.45) is 5.92 Å². The van der Waals surface area contributed by atoms with Gasteiger partial charge in [-0.15, -0.1) is 10.2 Å². The van der Waals surface area contributed by atoms with Crippen LogP contribution in [-0.4, -0.2) is 86.6 Å². The molecule has 1 saturated heterocycles. The molecule has 0 saturated carbocycles. The Balaban J connectivity index is 1.29. The van der Waals surface area contributed by atoms with Crippen molar-refractivity contribution in [1.82, 2.24) is 34.9 Å². The number of hydrogen-bond donors (Lipinski definition) is 1. The minimum Gasteiger partial charge on any atom is -0.492 e. The van der Waals surface area contributed by atoms with Crippen LogP contribution in [0.2, 0.25) is 0 Å². The molecule has 2 aliphatic rings. The minimum atomic E-state index is -0.403. The quantitative estimate of drug-likeness (QED) is 0.518. The van der Waals surface area contributed by atoms with Gasteiger partial charge in [-0.05, 0) is 36.2 Å². The fourth-order valence-electron chi connectivity index (χ4n) is 5.14. The third-order valence-corrected chi connectivity index (χ3v) is 7.29. The van der Waals surface area contributed by atoms with Crippen LogP contribution in [0.3, 0.4) is 0 Å². The zero-order chi connectivity index (χ0) is 27.9. The number of ether oxygens (including phenoxy) is 1. The van der Waals surface area contributed by atoms with Crippen LogP contribution in [0.1, 0.15) is 40.4 Å². The first-order valence-corrected chi connectivity index (χ1v) is 13.3. The van der Waals surface area contributed by atoms with Gasteiger partial charge in [0.25, 0.3) is 5.91 Å². The third-order valence-electron chi connectivity index (χ3n) is 7.29. The van der Waals surface area contributed by atoms with Gasteiger partial charge in [-0.3, -0.25) is 14.4 Å². The summed E-state index contributed by atoms with van der Waals surface area (Å²) in [7, 11) is 0. The maximum Gasteiger partial charge on any atom is 0.255 e. The van der Waals surface area contributed by atoms with Crippen LogP contribution in [0.15, 0.2) is 55.2 Å². The van der Waals surface area contributed by atoms with E-state index in [9.17, 15) is 14.4 Å². The molecule has 1 aromatic carbocycles. The normalized spacial score (nSPS) is 19.5. The van der Waals surface area contributed by atoms with Gasteiger partial charge in [-0.25, -0.2) is 4.98 Å². The predicted molar refractivity (Wildman–Crippen MR) is 142 cm³/mol. The molecule has 1 fully saturated rings. The molecule has 12 nitrogen and oxygen atoms in total. The highest BCUT2D eigenvalue weighted by Crippen LogP contribution is 2.35. The minimum absolute atomic E-state index is 0.0224. The summed E-state index contributed by atoms with van der Waals surface area (Å²) in [6.07, 6.45) is 5.39. The Bertz CT molecular complexity index is 1390. The van der Waals surface area contributed by atoms with Crippen LogP contribution in [0, 0.1) is 17.2 Å². The molecule has 3 amide bonds. The first-order chi connectivity index (χ1) is 19.5. The molecular weight excluding hydrogens is 512 g/mol. The summed E-state index contributed by atoms with van der Waals surface area (Å²) in [6.45, 7) is 2.68. The number of amides is 3. The van der Waals surface area contributed by atoms with Gasteiger partial charge in [0, 0.05) is 51.3 Å². The van der Waals surface area contributed by atoms with Crippen LogP contribution in [0.5, 0.6) is 5.75 Å². The summed E-state index contributed by atoms with van der Waals surface area (Å²) in [6, 6.07) is 12.7. The number of benzene rings is 1. The van der Waals surface area contributed by atoms with Crippen molar-refractivity contribution in [3.63, 3.8) is 0 Å². The first-order valence-electron chi connectivity index (χ1n) is 13.3. The lowest BCUT2D eigenvalue weighted by atomic mass is 9.88. The summed E-state index contributed by atoms with van der Waals surface area (Å²) in [5, 5.41) is 19.6. The molecule has 5 rings (SSSR count). The van der Waals surface area contributed by atoms with Crippen LogP contribution in [0.4, 0.5) is 0 Å². The van der Waals surface area contributed by atoms with Crippen LogP contribution < -0.4 is 10.1 Å².